The minimum atomic E-state index is -0.529. The fourth-order valence-electron chi connectivity index (χ4n) is 4.41. The van der Waals surface area contributed by atoms with E-state index in [1.54, 1.807) is 31.4 Å². The third-order valence-corrected chi connectivity index (χ3v) is 6.27. The first kappa shape index (κ1) is 23.4. The van der Waals surface area contributed by atoms with Gasteiger partial charge in [-0.05, 0) is 41.3 Å². The highest BCUT2D eigenvalue weighted by Gasteiger charge is 2.24. The molecule has 0 aromatic heterocycles. The summed E-state index contributed by atoms with van der Waals surface area (Å²) in [6.45, 7) is 1.29. The molecule has 6 heteroatoms. The van der Waals surface area contributed by atoms with Gasteiger partial charge in [0.15, 0.2) is 6.10 Å². The van der Waals surface area contributed by atoms with Crippen LogP contribution < -0.4 is 9.47 Å². The molecule has 182 valence electrons. The van der Waals surface area contributed by atoms with Crippen molar-refractivity contribution in [2.24, 2.45) is 4.99 Å². The third kappa shape index (κ3) is 5.03. The van der Waals surface area contributed by atoms with Crippen LogP contribution in [-0.2, 0) is 11.3 Å². The van der Waals surface area contributed by atoms with Crippen molar-refractivity contribution in [1.82, 2.24) is 4.90 Å². The zero-order chi connectivity index (χ0) is 24.9. The average molecular weight is 481 g/mol. The number of ether oxygens (including phenoxy) is 3. The van der Waals surface area contributed by atoms with Crippen LogP contribution >= 0.6 is 0 Å². The Morgan fingerprint density at radius 1 is 0.944 bits per heavy atom. The van der Waals surface area contributed by atoms with Crippen LogP contribution in [-0.4, -0.2) is 50.1 Å². The maximum atomic E-state index is 13.0. The summed E-state index contributed by atoms with van der Waals surface area (Å²) in [5.41, 5.74) is 2.76. The first-order valence-corrected chi connectivity index (χ1v) is 11.9. The minimum Gasteiger partial charge on any atom is -0.497 e. The molecule has 0 bridgehead atoms. The predicted octanol–water partition coefficient (Wildman–Crippen LogP) is 5.35. The molecular formula is C30H28N2O4. The molecule has 0 saturated heterocycles. The van der Waals surface area contributed by atoms with E-state index in [1.807, 2.05) is 66.5 Å². The van der Waals surface area contributed by atoms with Crippen LogP contribution in [0, 0.1) is 0 Å². The van der Waals surface area contributed by atoms with Gasteiger partial charge in [0, 0.05) is 18.0 Å². The van der Waals surface area contributed by atoms with Crippen LogP contribution in [0.5, 0.6) is 11.5 Å². The van der Waals surface area contributed by atoms with Gasteiger partial charge >= 0.3 is 5.97 Å². The Morgan fingerprint density at radius 2 is 1.69 bits per heavy atom. The molecule has 36 heavy (non-hydrogen) atoms. The summed E-state index contributed by atoms with van der Waals surface area (Å²) in [5, 5.41) is 2.11. The highest BCUT2D eigenvalue weighted by atomic mass is 16.6. The van der Waals surface area contributed by atoms with Crippen molar-refractivity contribution in [3.05, 3.63) is 108 Å². The number of hydrogen-bond donors (Lipinski definition) is 0. The number of carbonyl (C=O) groups is 1. The van der Waals surface area contributed by atoms with Gasteiger partial charge in [0.25, 0.3) is 0 Å². The lowest BCUT2D eigenvalue weighted by molar-refractivity contribution is 0.0132. The zero-order valence-electron chi connectivity index (χ0n) is 20.4. The van der Waals surface area contributed by atoms with E-state index < -0.39 is 12.1 Å². The molecular weight excluding hydrogens is 452 g/mol. The van der Waals surface area contributed by atoms with Gasteiger partial charge in [-0.1, -0.05) is 60.7 Å². The number of benzene rings is 4. The molecule has 4 aromatic rings. The Bertz CT molecular complexity index is 1390. The zero-order valence-corrected chi connectivity index (χ0v) is 20.4. The van der Waals surface area contributed by atoms with Crippen LogP contribution in [0.1, 0.15) is 21.5 Å². The van der Waals surface area contributed by atoms with Gasteiger partial charge in [0.2, 0.25) is 0 Å². The van der Waals surface area contributed by atoms with Crippen molar-refractivity contribution in [3.8, 4) is 11.5 Å². The molecule has 0 aliphatic carbocycles. The van der Waals surface area contributed by atoms with Crippen LogP contribution in [0.25, 0.3) is 10.8 Å². The first-order chi connectivity index (χ1) is 17.6. The van der Waals surface area contributed by atoms with E-state index in [0.29, 0.717) is 24.4 Å². The molecule has 1 unspecified atom stereocenters. The van der Waals surface area contributed by atoms with Crippen LogP contribution in [0.2, 0.25) is 0 Å². The minimum absolute atomic E-state index is 0.204. The van der Waals surface area contributed by atoms with E-state index >= 15 is 0 Å². The van der Waals surface area contributed by atoms with Gasteiger partial charge in [-0.25, -0.2) is 4.79 Å². The molecule has 0 amide bonds. The molecule has 4 aromatic carbocycles. The number of carbonyl (C=O) groups excluding carboxylic acids is 1. The van der Waals surface area contributed by atoms with E-state index in [-0.39, 0.29) is 6.61 Å². The highest BCUT2D eigenvalue weighted by Crippen LogP contribution is 2.26. The van der Waals surface area contributed by atoms with Crippen LogP contribution in [0.4, 0.5) is 0 Å². The summed E-state index contributed by atoms with van der Waals surface area (Å²) < 4.78 is 17.4. The van der Waals surface area contributed by atoms with Crippen LogP contribution in [0.15, 0.2) is 96.0 Å². The summed E-state index contributed by atoms with van der Waals surface area (Å²) in [4.78, 5) is 19.8. The number of methoxy groups -OCH3 is 1. The van der Waals surface area contributed by atoms with E-state index in [9.17, 15) is 4.79 Å². The smallest absolute Gasteiger partial charge is 0.338 e. The van der Waals surface area contributed by atoms with Crippen molar-refractivity contribution < 1.29 is 19.0 Å². The average Bonchev–Trinajstić information content (AvgIpc) is 3.36. The molecule has 0 spiro atoms. The monoisotopic (exact) mass is 480 g/mol. The highest BCUT2D eigenvalue weighted by molar-refractivity contribution is 6.01. The van der Waals surface area contributed by atoms with Gasteiger partial charge in [0.05, 0.1) is 25.8 Å². The predicted molar refractivity (Wildman–Crippen MR) is 141 cm³/mol. The fourth-order valence-corrected chi connectivity index (χ4v) is 4.41. The van der Waals surface area contributed by atoms with Crippen molar-refractivity contribution in [1.29, 1.82) is 0 Å². The first-order valence-electron chi connectivity index (χ1n) is 11.9. The summed E-state index contributed by atoms with van der Waals surface area (Å²) in [7, 11) is 3.56. The number of fused-ring (bicyclic) bond motifs is 2. The fraction of sp³-hybridized carbons (Fsp3) is 0.200. The number of rotatable bonds is 8. The van der Waals surface area contributed by atoms with Crippen molar-refractivity contribution in [2.75, 3.05) is 27.3 Å². The molecule has 1 aliphatic heterocycles. The van der Waals surface area contributed by atoms with Gasteiger partial charge in [-0.2, -0.15) is 0 Å². The second-order valence-corrected chi connectivity index (χ2v) is 8.72. The second kappa shape index (κ2) is 10.5. The molecule has 0 N–H and O–H groups in total. The molecule has 6 nitrogen and oxygen atoms in total. The summed E-state index contributed by atoms with van der Waals surface area (Å²) >= 11 is 0. The second-order valence-electron chi connectivity index (χ2n) is 8.72. The number of aliphatic imine (C=N–C) groups is 1. The van der Waals surface area contributed by atoms with Gasteiger partial charge < -0.3 is 19.1 Å². The molecule has 1 atom stereocenters. The number of nitrogens with zero attached hydrogens (tertiary/aromatic N) is 2. The Balaban J connectivity index is 1.35. The van der Waals surface area contributed by atoms with Gasteiger partial charge in [0.1, 0.15) is 23.9 Å². The molecule has 1 aliphatic rings. The number of hydrogen-bond acceptors (Lipinski definition) is 6. The van der Waals surface area contributed by atoms with E-state index in [1.165, 1.54) is 5.56 Å². The third-order valence-electron chi connectivity index (χ3n) is 6.27. The van der Waals surface area contributed by atoms with Gasteiger partial charge in [-0.15, -0.1) is 0 Å². The topological polar surface area (TPSA) is 60.4 Å². The quantitative estimate of drug-likeness (QED) is 0.319. The Hall–Kier alpha value is -4.32. The Labute approximate surface area is 210 Å². The van der Waals surface area contributed by atoms with Crippen LogP contribution in [0.3, 0.4) is 0 Å². The maximum absolute atomic E-state index is 13.0. The molecule has 0 fully saturated rings. The number of esters is 1. The van der Waals surface area contributed by atoms with Crippen molar-refractivity contribution in [2.45, 2.75) is 12.6 Å². The Morgan fingerprint density at radius 3 is 2.53 bits per heavy atom. The summed E-state index contributed by atoms with van der Waals surface area (Å²) in [6.07, 6.45) is -0.529. The summed E-state index contributed by atoms with van der Waals surface area (Å²) in [5.74, 6) is 1.91. The molecule has 1 heterocycles. The van der Waals surface area contributed by atoms with E-state index in [2.05, 4.69) is 12.1 Å². The SMILES string of the molecule is COc1ccc(C(=O)OC(COc2cccc3ccccc23)CN(C)C2=NCc3ccccc32)cc1. The largest absolute Gasteiger partial charge is 0.497 e. The van der Waals surface area contributed by atoms with Crippen molar-refractivity contribution >= 4 is 22.6 Å². The standard InChI is InChI=1S/C30H28N2O4/c1-32(29-27-12-6-4-9-23(27)18-31-29)19-25(36-30(33)22-14-16-24(34-2)17-15-22)20-35-28-13-7-10-21-8-3-5-11-26(21)28/h3-17,25H,18-20H2,1-2H3. The van der Waals surface area contributed by atoms with E-state index in [0.717, 1.165) is 27.9 Å². The number of amidine groups is 1. The Kier molecular flexibility index (Phi) is 6.85. The van der Waals surface area contributed by atoms with Gasteiger partial charge in [-0.3, -0.25) is 4.99 Å². The lowest BCUT2D eigenvalue weighted by Crippen LogP contribution is -2.39. The molecule has 0 radical (unpaired) electrons. The lowest BCUT2D eigenvalue weighted by Gasteiger charge is -2.26. The maximum Gasteiger partial charge on any atom is 0.338 e. The lowest BCUT2D eigenvalue weighted by atomic mass is 10.1. The molecule has 0 saturated carbocycles. The van der Waals surface area contributed by atoms with E-state index in [4.69, 9.17) is 19.2 Å². The van der Waals surface area contributed by atoms with Crippen molar-refractivity contribution in [3.63, 3.8) is 0 Å². The summed E-state index contributed by atoms with van der Waals surface area (Å²) in [6, 6.07) is 29.1. The normalized spacial score (nSPS) is 13.0. The molecule has 5 rings (SSSR count). The number of likely N-dealkylation sites (N-methyl/N-ethyl adjacent to an activating group) is 1.